The second kappa shape index (κ2) is 51.5. The standard InChI is InChI=1S/C83H126N18O20S2/c1-52(2)72(79(109)90-29-33-120-76-64(113-5)44-55-43-59(92-73(55)77(76)114-6)80(110)101-47-53(3)71-58-45-60(81(111)115-7)93-74(58)63(102)46-62(71)101)95-78(108)54(4)91-83(112)121-41-40-119-39-38-118-35-31-100-48-56(97-98-100)22-23-68(105)89-28-32-116-36-37-117-34-30-99(49-69(106)87-26-14-12-24-85-66(103)20-10-8-17-57-18-16-42-122-57)50-70(107)88-27-15-13-25-86-67(104)21-11-9-19-65-75-61(51-123-65)94-82(84)96-75/h43-46,48,52-54,57,61,65,71-72,75,92-93H,8-42,47,49-51H2,1-7H3,(H,85,103)(H,86,104)(H,87,106)(H,88,107)(H,89,105)(H,90,109)(H,91,112)(H,95,108)(H3,84,94,96)/t53-,54+,57+,61+,65+,71?,72?,75+/m1/s1. The Kier molecular flexibility index (Phi) is 40.6. The minimum Gasteiger partial charge on any atom is -0.493 e. The lowest BCUT2D eigenvalue weighted by Gasteiger charge is -2.24. The molecule has 2 unspecified atom stereocenters. The highest BCUT2D eigenvalue weighted by atomic mass is 32.2. The number of aryl methyl sites for hydroxylation is 1. The zero-order valence-corrected chi connectivity index (χ0v) is 73.5. The molecule has 3 aromatic heterocycles. The van der Waals surface area contributed by atoms with Crippen molar-refractivity contribution in [3.05, 3.63) is 64.5 Å². The molecule has 123 heavy (non-hydrogen) atoms. The predicted octanol–water partition coefficient (Wildman–Crippen LogP) is 3.53. The first kappa shape index (κ1) is 97.1. The Morgan fingerprint density at radius 1 is 0.659 bits per heavy atom. The Bertz CT molecular complexity index is 4210. The number of benzene rings is 1. The van der Waals surface area contributed by atoms with E-state index >= 15 is 0 Å². The van der Waals surface area contributed by atoms with Crippen molar-refractivity contribution in [1.29, 1.82) is 0 Å². The highest BCUT2D eigenvalue weighted by Gasteiger charge is 2.45. The van der Waals surface area contributed by atoms with E-state index in [0.29, 0.717) is 136 Å². The number of esters is 1. The number of alkyl carbamates (subject to hydrolysis) is 1. The quantitative estimate of drug-likeness (QED) is 0.0222. The van der Waals surface area contributed by atoms with Crippen LogP contribution >= 0.6 is 23.5 Å². The highest BCUT2D eigenvalue weighted by molar-refractivity contribution is 8.00. The number of unbranched alkanes of at least 4 members (excludes halogenated alkanes) is 4. The maximum atomic E-state index is 14.3. The zero-order valence-electron chi connectivity index (χ0n) is 71.9. The second-order valence-corrected chi connectivity index (χ2v) is 34.0. The molecule has 3 saturated heterocycles. The molecule has 4 aliphatic heterocycles. The molecule has 4 aromatic rings. The number of aromatic amines is 2. The van der Waals surface area contributed by atoms with Crippen LogP contribution in [0.2, 0.25) is 0 Å². The van der Waals surface area contributed by atoms with E-state index in [2.05, 4.69) is 73.1 Å². The average Bonchev–Trinajstić information content (AvgIpc) is 1.58. The minimum atomic E-state index is -1.08. The molecular formula is C83H126N18O20S2. The third-order valence-corrected chi connectivity index (χ3v) is 24.5. The summed E-state index contributed by atoms with van der Waals surface area (Å²) >= 11 is 3.97. The number of aliphatic imine (C=N–C) groups is 1. The number of H-pyrrole nitrogens is 2. The van der Waals surface area contributed by atoms with Crippen LogP contribution in [0.1, 0.15) is 173 Å². The summed E-state index contributed by atoms with van der Waals surface area (Å²) in [6, 6.07) is 3.40. The molecule has 5 aliphatic rings. The molecule has 0 bridgehead atoms. The van der Waals surface area contributed by atoms with Crippen LogP contribution in [-0.2, 0) is 74.9 Å². The van der Waals surface area contributed by atoms with Crippen LogP contribution in [0.5, 0.6) is 17.2 Å². The molecule has 13 N–H and O–H groups in total. The lowest BCUT2D eigenvalue weighted by Crippen LogP contribution is -2.55. The average molecular weight is 1760 g/mol. The lowest BCUT2D eigenvalue weighted by molar-refractivity contribution is -0.130. The molecule has 9 rings (SSSR count). The predicted molar refractivity (Wildman–Crippen MR) is 461 cm³/mol. The largest absolute Gasteiger partial charge is 0.493 e. The van der Waals surface area contributed by atoms with Crippen molar-refractivity contribution >= 4 is 105 Å². The molecule has 9 amide bonds. The Balaban J connectivity index is 0.570. The number of likely N-dealkylation sites (tertiary alicyclic amines) is 1. The first-order chi connectivity index (χ1) is 59.5. The topological polar surface area (TPSA) is 486 Å². The van der Waals surface area contributed by atoms with Gasteiger partial charge in [-0.25, -0.2) is 19.3 Å². The molecule has 0 spiro atoms. The summed E-state index contributed by atoms with van der Waals surface area (Å²) in [7, 11) is 4.13. The van der Waals surface area contributed by atoms with Gasteiger partial charge >= 0.3 is 12.1 Å². The molecule has 40 heteroatoms. The number of amides is 9. The summed E-state index contributed by atoms with van der Waals surface area (Å²) in [5.41, 5.74) is 8.70. The number of thioether (sulfide) groups is 2. The SMILES string of the molecule is COC(=O)c1cc2c([nH]1)C(=O)C=C1C2[C@H](C)CN1C(=O)c1cc2cc(OC)c(OCCNC(=O)C(NC(=O)[C@H](C)NC(=O)OCCOCCOCCn3cc(CCC(=O)NCCOCCOCCN(CC(=O)NCCCCNC(=O)CCCC[C@H]4CCCS4)CC(=O)NCCCCNC(=O)CCCC[C@@H]4SC[C@@H]5NC(N)=N[C@@H]54)nn3)C(C)C)c(OC)c2[nH]1. The number of nitrogens with zero attached hydrogens (tertiary/aromatic N) is 6. The first-order valence-corrected chi connectivity index (χ1v) is 45.0. The minimum absolute atomic E-state index is 0.00577. The fourth-order valence-electron chi connectivity index (χ4n) is 15.1. The van der Waals surface area contributed by atoms with Gasteiger partial charge in [-0.3, -0.25) is 48.1 Å². The van der Waals surface area contributed by atoms with Gasteiger partial charge in [-0.05, 0) is 112 Å². The Labute approximate surface area is 726 Å². The van der Waals surface area contributed by atoms with Gasteiger partial charge in [-0.15, -0.1) is 5.10 Å². The van der Waals surface area contributed by atoms with E-state index in [9.17, 15) is 52.7 Å². The van der Waals surface area contributed by atoms with Gasteiger partial charge in [-0.1, -0.05) is 38.8 Å². The number of methoxy groups -OCH3 is 3. The van der Waals surface area contributed by atoms with E-state index < -0.39 is 41.9 Å². The smallest absolute Gasteiger partial charge is 0.407 e. The number of carbonyl (C=O) groups is 11. The van der Waals surface area contributed by atoms with Gasteiger partial charge in [0.15, 0.2) is 17.5 Å². The normalized spacial score (nSPS) is 18.0. The summed E-state index contributed by atoms with van der Waals surface area (Å²) in [6.07, 6.45) is 15.1. The van der Waals surface area contributed by atoms with Gasteiger partial charge in [0.25, 0.3) is 5.91 Å². The van der Waals surface area contributed by atoms with Gasteiger partial charge < -0.3 is 111 Å². The first-order valence-electron chi connectivity index (χ1n) is 42.9. The van der Waals surface area contributed by atoms with Gasteiger partial charge in [0, 0.05) is 117 Å². The maximum absolute atomic E-state index is 14.3. The van der Waals surface area contributed by atoms with E-state index in [1.807, 2.05) is 30.4 Å². The van der Waals surface area contributed by atoms with E-state index in [-0.39, 0.29) is 186 Å². The van der Waals surface area contributed by atoms with Crippen molar-refractivity contribution in [2.45, 2.75) is 178 Å². The van der Waals surface area contributed by atoms with Crippen molar-refractivity contribution in [2.24, 2.45) is 22.6 Å². The molecule has 1 aromatic carbocycles. The third kappa shape index (κ3) is 31.2. The van der Waals surface area contributed by atoms with Crippen molar-refractivity contribution in [3.63, 3.8) is 0 Å². The van der Waals surface area contributed by atoms with E-state index in [1.54, 1.807) is 52.7 Å². The number of ether oxygens (including phenoxy) is 9. The highest BCUT2D eigenvalue weighted by Crippen LogP contribution is 2.48. The number of carbonyl (C=O) groups excluding carboxylic acids is 11. The number of aromatic nitrogens is 5. The molecule has 8 atom stereocenters. The Hall–Kier alpha value is -9.74. The van der Waals surface area contributed by atoms with Crippen LogP contribution in [0, 0.1) is 11.8 Å². The fourth-order valence-corrected chi connectivity index (χ4v) is 17.9. The van der Waals surface area contributed by atoms with Crippen LogP contribution in [-0.4, -0.2) is 305 Å². The molecular weight excluding hydrogens is 1630 g/mol. The summed E-state index contributed by atoms with van der Waals surface area (Å²) in [4.78, 5) is 157. The number of hydrogen-bond donors (Lipinski definition) is 12. The lowest BCUT2D eigenvalue weighted by atomic mass is 9.83. The number of guanidine groups is 1. The monoisotopic (exact) mass is 1760 g/mol. The summed E-state index contributed by atoms with van der Waals surface area (Å²) in [5.74, 6) is -0.371. The van der Waals surface area contributed by atoms with Crippen LogP contribution < -0.4 is 67.8 Å². The van der Waals surface area contributed by atoms with Gasteiger partial charge in [0.2, 0.25) is 52.9 Å². The Morgan fingerprint density at radius 3 is 1.97 bits per heavy atom. The van der Waals surface area contributed by atoms with Crippen molar-refractivity contribution in [3.8, 4) is 17.2 Å². The number of fused-ring (bicyclic) bond motifs is 5. The van der Waals surface area contributed by atoms with E-state index in [0.717, 1.165) is 49.5 Å². The van der Waals surface area contributed by atoms with Gasteiger partial charge in [0.1, 0.15) is 36.7 Å². The van der Waals surface area contributed by atoms with Crippen LogP contribution in [0.25, 0.3) is 10.9 Å². The molecule has 0 radical (unpaired) electrons. The van der Waals surface area contributed by atoms with Gasteiger partial charge in [0.05, 0.1) is 129 Å². The number of hydrogen-bond acceptors (Lipinski definition) is 28. The molecule has 0 saturated carbocycles. The molecule has 680 valence electrons. The summed E-state index contributed by atoms with van der Waals surface area (Å²) < 4.78 is 52.0. The Morgan fingerprint density at radius 2 is 1.30 bits per heavy atom. The number of allylic oxidation sites excluding steroid dienone is 2. The van der Waals surface area contributed by atoms with Crippen LogP contribution in [0.4, 0.5) is 4.79 Å². The van der Waals surface area contributed by atoms with Crippen LogP contribution in [0.15, 0.2) is 41.2 Å². The molecule has 3 fully saturated rings. The van der Waals surface area contributed by atoms with Crippen LogP contribution in [0.3, 0.4) is 0 Å². The number of nitrogens with one attached hydrogen (secondary N) is 11. The second-order valence-electron chi connectivity index (χ2n) is 31.3. The summed E-state index contributed by atoms with van der Waals surface area (Å²) in [5, 5.41) is 35.9. The maximum Gasteiger partial charge on any atom is 0.407 e. The van der Waals surface area contributed by atoms with Crippen molar-refractivity contribution in [2.75, 3.05) is 164 Å². The molecule has 38 nitrogen and oxygen atoms in total. The number of ketones is 1. The molecule has 1 aliphatic carbocycles. The van der Waals surface area contributed by atoms with E-state index in [1.165, 1.54) is 59.3 Å². The van der Waals surface area contributed by atoms with Gasteiger partial charge in [-0.2, -0.15) is 23.5 Å². The molecule has 7 heterocycles. The number of rotatable bonds is 58. The van der Waals surface area contributed by atoms with Crippen molar-refractivity contribution in [1.82, 2.24) is 82.6 Å². The third-order valence-electron chi connectivity index (χ3n) is 21.6. The van der Waals surface area contributed by atoms with Crippen molar-refractivity contribution < 1.29 is 95.4 Å². The summed E-state index contributed by atoms with van der Waals surface area (Å²) in [6.45, 7) is 11.7. The van der Waals surface area contributed by atoms with E-state index in [4.69, 9.17) is 48.4 Å². The number of nitrogens with two attached hydrogens (primary N) is 1. The fraction of sp³-hybridized carbons (Fsp3) is 0.663. The zero-order chi connectivity index (χ0) is 88.0.